The first-order chi connectivity index (χ1) is 14.1. The summed E-state index contributed by atoms with van der Waals surface area (Å²) in [5, 5.41) is 2.63. The highest BCUT2D eigenvalue weighted by atomic mass is 14.7. The van der Waals surface area contributed by atoms with E-state index in [1.165, 1.54) is 66.3 Å². The van der Waals surface area contributed by atoms with E-state index in [0.29, 0.717) is 0 Å². The van der Waals surface area contributed by atoms with Crippen molar-refractivity contribution in [3.8, 4) is 22.3 Å². The fraction of sp³-hybridized carbons (Fsp3) is 0.143. The monoisotopic (exact) mass is 371 g/mol. The van der Waals surface area contributed by atoms with Crippen LogP contribution in [0, 0.1) is 0 Å². The third-order valence-electron chi connectivity index (χ3n) is 7.21. The van der Waals surface area contributed by atoms with Crippen molar-refractivity contribution >= 4 is 21.8 Å². The van der Waals surface area contributed by atoms with Crippen molar-refractivity contribution in [1.82, 2.24) is 4.98 Å². The molecule has 1 aromatic heterocycles. The molecule has 0 unspecified atom stereocenters. The minimum absolute atomic E-state index is 0.0138. The van der Waals surface area contributed by atoms with Crippen molar-refractivity contribution in [2.45, 2.75) is 25.7 Å². The summed E-state index contributed by atoms with van der Waals surface area (Å²) in [5.74, 6) is 0. The summed E-state index contributed by atoms with van der Waals surface area (Å²) in [6.07, 6.45) is 1.05. The van der Waals surface area contributed by atoms with Gasteiger partial charge in [-0.1, -0.05) is 62.4 Å². The Morgan fingerprint density at radius 2 is 1.38 bits per heavy atom. The quantitative estimate of drug-likeness (QED) is 0.291. The Hall–Kier alpha value is -3.32. The SMILES string of the molecule is CC1(C)c2cc3c(cc2-c2cc4c(cc21)[nH]c1ccccc14)-c1ccccc1C3. The molecule has 1 heterocycles. The largest absolute Gasteiger partial charge is 0.355 e. The number of aromatic amines is 1. The van der Waals surface area contributed by atoms with E-state index in [1.807, 2.05) is 0 Å². The molecule has 0 bridgehead atoms. The normalized spacial score (nSPS) is 15.4. The van der Waals surface area contributed by atoms with Crippen LogP contribution in [0.3, 0.4) is 0 Å². The molecule has 1 heteroatoms. The molecule has 7 rings (SSSR count). The van der Waals surface area contributed by atoms with Gasteiger partial charge in [-0.25, -0.2) is 0 Å². The number of benzene rings is 4. The van der Waals surface area contributed by atoms with Crippen LogP contribution in [0.1, 0.15) is 36.1 Å². The summed E-state index contributed by atoms with van der Waals surface area (Å²) >= 11 is 0. The van der Waals surface area contributed by atoms with Gasteiger partial charge in [0.2, 0.25) is 0 Å². The summed E-state index contributed by atoms with van der Waals surface area (Å²) in [7, 11) is 0. The second kappa shape index (κ2) is 4.99. The van der Waals surface area contributed by atoms with E-state index in [0.717, 1.165) is 6.42 Å². The molecule has 5 aromatic rings. The molecule has 0 spiro atoms. The van der Waals surface area contributed by atoms with Crippen molar-refractivity contribution in [2.24, 2.45) is 0 Å². The minimum atomic E-state index is 0.0138. The zero-order valence-electron chi connectivity index (χ0n) is 16.6. The van der Waals surface area contributed by atoms with Crippen LogP contribution in [-0.2, 0) is 11.8 Å². The van der Waals surface area contributed by atoms with Gasteiger partial charge in [-0.2, -0.15) is 0 Å². The number of rotatable bonds is 0. The predicted octanol–water partition coefficient (Wildman–Crippen LogP) is 7.20. The number of hydrogen-bond acceptors (Lipinski definition) is 0. The van der Waals surface area contributed by atoms with Gasteiger partial charge in [0.25, 0.3) is 0 Å². The molecule has 0 atom stereocenters. The molecular weight excluding hydrogens is 350 g/mol. The summed E-state index contributed by atoms with van der Waals surface area (Å²) in [6.45, 7) is 4.75. The summed E-state index contributed by atoms with van der Waals surface area (Å²) in [5.41, 5.74) is 13.9. The third-order valence-corrected chi connectivity index (χ3v) is 7.21. The standard InChI is InChI=1S/C28H21N/c1-28(2)24-12-17-11-16-7-3-4-8-18(16)20(17)13-21(24)22-14-23-19-9-5-6-10-26(19)29-27(23)15-25(22)28/h3-10,12-15,29H,11H2,1-2H3. The van der Waals surface area contributed by atoms with Crippen molar-refractivity contribution < 1.29 is 0 Å². The summed E-state index contributed by atoms with van der Waals surface area (Å²) in [6, 6.07) is 27.3. The zero-order valence-corrected chi connectivity index (χ0v) is 16.6. The molecule has 2 aliphatic rings. The average Bonchev–Trinajstić information content (AvgIpc) is 3.34. The van der Waals surface area contributed by atoms with Gasteiger partial charge in [0.15, 0.2) is 0 Å². The van der Waals surface area contributed by atoms with Gasteiger partial charge in [0.1, 0.15) is 0 Å². The zero-order chi connectivity index (χ0) is 19.3. The molecular formula is C28H21N. The predicted molar refractivity (Wildman–Crippen MR) is 122 cm³/mol. The molecule has 1 N–H and O–H groups in total. The Morgan fingerprint density at radius 1 is 0.621 bits per heavy atom. The van der Waals surface area contributed by atoms with Gasteiger partial charge >= 0.3 is 0 Å². The van der Waals surface area contributed by atoms with Crippen molar-refractivity contribution in [2.75, 3.05) is 0 Å². The number of aromatic nitrogens is 1. The molecule has 0 amide bonds. The maximum Gasteiger partial charge on any atom is 0.0468 e. The van der Waals surface area contributed by atoms with E-state index in [1.54, 1.807) is 0 Å². The summed E-state index contributed by atoms with van der Waals surface area (Å²) in [4.78, 5) is 3.63. The van der Waals surface area contributed by atoms with E-state index in [9.17, 15) is 0 Å². The molecule has 1 nitrogen and oxygen atoms in total. The van der Waals surface area contributed by atoms with Crippen LogP contribution in [0.15, 0.2) is 72.8 Å². The Bertz CT molecular complexity index is 1500. The van der Waals surface area contributed by atoms with E-state index < -0.39 is 0 Å². The molecule has 0 saturated carbocycles. The number of nitrogens with one attached hydrogen (secondary N) is 1. The molecule has 29 heavy (non-hydrogen) atoms. The van der Waals surface area contributed by atoms with Gasteiger partial charge in [0, 0.05) is 27.2 Å². The highest BCUT2D eigenvalue weighted by molar-refractivity contribution is 6.10. The fourth-order valence-electron chi connectivity index (χ4n) is 5.71. The molecule has 0 saturated heterocycles. The first-order valence-electron chi connectivity index (χ1n) is 10.4. The summed E-state index contributed by atoms with van der Waals surface area (Å²) < 4.78 is 0. The molecule has 4 aromatic carbocycles. The van der Waals surface area contributed by atoms with E-state index in [-0.39, 0.29) is 5.41 Å². The van der Waals surface area contributed by atoms with E-state index in [2.05, 4.69) is 91.6 Å². The van der Waals surface area contributed by atoms with Gasteiger partial charge in [-0.05, 0) is 75.2 Å². The smallest absolute Gasteiger partial charge is 0.0468 e. The van der Waals surface area contributed by atoms with Crippen molar-refractivity contribution in [3.05, 3.63) is 95.1 Å². The van der Waals surface area contributed by atoms with Gasteiger partial charge in [-0.3, -0.25) is 0 Å². The number of para-hydroxylation sites is 1. The van der Waals surface area contributed by atoms with E-state index in [4.69, 9.17) is 0 Å². The van der Waals surface area contributed by atoms with Crippen LogP contribution in [0.5, 0.6) is 0 Å². The second-order valence-corrected chi connectivity index (χ2v) is 9.13. The van der Waals surface area contributed by atoms with Crippen molar-refractivity contribution in [3.63, 3.8) is 0 Å². The minimum Gasteiger partial charge on any atom is -0.355 e. The Balaban J connectivity index is 1.56. The molecule has 0 fully saturated rings. The van der Waals surface area contributed by atoms with Crippen LogP contribution in [0.25, 0.3) is 44.1 Å². The lowest BCUT2D eigenvalue weighted by Crippen LogP contribution is -2.15. The Labute approximate surface area is 170 Å². The highest BCUT2D eigenvalue weighted by Crippen LogP contribution is 2.53. The number of fused-ring (bicyclic) bond motifs is 9. The van der Waals surface area contributed by atoms with Crippen LogP contribution in [-0.4, -0.2) is 4.98 Å². The number of H-pyrrole nitrogens is 1. The van der Waals surface area contributed by atoms with Crippen LogP contribution < -0.4 is 0 Å². The average molecular weight is 371 g/mol. The Morgan fingerprint density at radius 3 is 2.31 bits per heavy atom. The third kappa shape index (κ3) is 1.86. The topological polar surface area (TPSA) is 15.8 Å². The van der Waals surface area contributed by atoms with Crippen molar-refractivity contribution in [1.29, 1.82) is 0 Å². The highest BCUT2D eigenvalue weighted by Gasteiger charge is 2.37. The first kappa shape index (κ1) is 15.6. The fourth-order valence-corrected chi connectivity index (χ4v) is 5.71. The molecule has 0 radical (unpaired) electrons. The molecule has 2 aliphatic carbocycles. The van der Waals surface area contributed by atoms with Gasteiger partial charge in [-0.15, -0.1) is 0 Å². The molecule has 0 aliphatic heterocycles. The lowest BCUT2D eigenvalue weighted by Gasteiger charge is -2.22. The second-order valence-electron chi connectivity index (χ2n) is 9.13. The van der Waals surface area contributed by atoms with Crippen LogP contribution in [0.4, 0.5) is 0 Å². The number of hydrogen-bond donors (Lipinski definition) is 1. The maximum atomic E-state index is 3.63. The van der Waals surface area contributed by atoms with Crippen LogP contribution >= 0.6 is 0 Å². The lowest BCUT2D eigenvalue weighted by atomic mass is 9.81. The van der Waals surface area contributed by atoms with Gasteiger partial charge < -0.3 is 4.98 Å². The lowest BCUT2D eigenvalue weighted by molar-refractivity contribution is 0.660. The maximum absolute atomic E-state index is 3.63. The van der Waals surface area contributed by atoms with Crippen LogP contribution in [0.2, 0.25) is 0 Å². The molecule has 138 valence electrons. The van der Waals surface area contributed by atoms with Gasteiger partial charge in [0.05, 0.1) is 0 Å². The van der Waals surface area contributed by atoms with E-state index >= 15 is 0 Å². The first-order valence-corrected chi connectivity index (χ1v) is 10.4. The Kier molecular flexibility index (Phi) is 2.68.